The third kappa shape index (κ3) is 2.93. The van der Waals surface area contributed by atoms with Crippen LogP contribution < -0.4 is 11.0 Å². The van der Waals surface area contributed by atoms with Crippen molar-refractivity contribution in [2.24, 2.45) is 0 Å². The molecule has 0 radical (unpaired) electrons. The Morgan fingerprint density at radius 1 is 1.15 bits per heavy atom. The molecule has 26 heavy (non-hydrogen) atoms. The van der Waals surface area contributed by atoms with Gasteiger partial charge >= 0.3 is 5.97 Å². The van der Waals surface area contributed by atoms with Gasteiger partial charge in [-0.15, -0.1) is 0 Å². The largest absolute Gasteiger partial charge is 0.479 e. The monoisotopic (exact) mass is 353 g/mol. The van der Waals surface area contributed by atoms with Gasteiger partial charge in [-0.3, -0.25) is 10.2 Å². The molecular formula is C19H19N3O4. The van der Waals surface area contributed by atoms with Gasteiger partial charge in [0.05, 0.1) is 10.9 Å². The highest BCUT2D eigenvalue weighted by Crippen LogP contribution is 2.23. The highest BCUT2D eigenvalue weighted by Gasteiger charge is 2.37. The van der Waals surface area contributed by atoms with Crippen LogP contribution in [0.3, 0.4) is 0 Å². The second-order valence-corrected chi connectivity index (χ2v) is 6.21. The number of nitrogens with zero attached hydrogens (tertiary/aromatic N) is 2. The van der Waals surface area contributed by atoms with Gasteiger partial charge in [0.2, 0.25) is 0 Å². The normalized spacial score (nSPS) is 14.6. The van der Waals surface area contributed by atoms with Crippen LogP contribution in [0.1, 0.15) is 31.3 Å². The summed E-state index contributed by atoms with van der Waals surface area (Å²) in [5.41, 5.74) is 1.58. The molecule has 7 nitrogen and oxygen atoms in total. The van der Waals surface area contributed by atoms with Crippen LogP contribution in [0.2, 0.25) is 0 Å². The van der Waals surface area contributed by atoms with Crippen LogP contribution in [-0.4, -0.2) is 25.8 Å². The molecule has 0 aliphatic rings. The average molecular weight is 353 g/mol. The zero-order valence-corrected chi connectivity index (χ0v) is 14.4. The molecule has 2 atom stereocenters. The molecule has 3 aromatic rings. The van der Waals surface area contributed by atoms with E-state index in [1.165, 1.54) is 13.8 Å². The molecule has 0 spiro atoms. The lowest BCUT2D eigenvalue weighted by molar-refractivity contribution is -0.142. The van der Waals surface area contributed by atoms with Gasteiger partial charge in [-0.05, 0) is 31.5 Å². The zero-order valence-electron chi connectivity index (χ0n) is 14.4. The molecule has 1 heterocycles. The Bertz CT molecular complexity index is 1010. The summed E-state index contributed by atoms with van der Waals surface area (Å²) in [4.78, 5) is 29.3. The van der Waals surface area contributed by atoms with Gasteiger partial charge in [0, 0.05) is 0 Å². The number of nitrogens with one attached hydrogen (secondary N) is 1. The number of rotatable bonds is 5. The number of carboxylic acids is 1. The molecule has 0 saturated carbocycles. The summed E-state index contributed by atoms with van der Waals surface area (Å²) < 4.78 is 1.02. The topological polar surface area (TPSA) is 104 Å². The van der Waals surface area contributed by atoms with E-state index in [1.807, 2.05) is 0 Å². The Labute approximate surface area is 149 Å². The standard InChI is InChI=1S/C19H19N3O4/c1-12(23)16-20-15-11-7-6-10-14(15)17(24)22(16)21-19(2,18(25)26)13-8-4-3-5-9-13/h3-12,21,23H,1-2H3,(H,25,26)/t12-,19+/m0/s1. The maximum Gasteiger partial charge on any atom is 0.335 e. The number of hydrogen-bond acceptors (Lipinski definition) is 5. The molecule has 0 saturated heterocycles. The predicted molar refractivity (Wildman–Crippen MR) is 97.4 cm³/mol. The molecule has 3 rings (SSSR count). The Morgan fingerprint density at radius 3 is 2.38 bits per heavy atom. The third-order valence-corrected chi connectivity index (χ3v) is 4.29. The zero-order chi connectivity index (χ0) is 18.9. The number of carboxylic acid groups (broad SMARTS) is 1. The van der Waals surface area contributed by atoms with Crippen molar-refractivity contribution in [1.29, 1.82) is 0 Å². The molecule has 134 valence electrons. The Hall–Kier alpha value is -3.19. The van der Waals surface area contributed by atoms with E-state index in [0.717, 1.165) is 4.68 Å². The first-order valence-corrected chi connectivity index (χ1v) is 8.11. The van der Waals surface area contributed by atoms with Crippen LogP contribution >= 0.6 is 0 Å². The van der Waals surface area contributed by atoms with E-state index in [2.05, 4.69) is 10.4 Å². The summed E-state index contributed by atoms with van der Waals surface area (Å²) in [5, 5.41) is 20.2. The Balaban J connectivity index is 2.24. The number of aromatic nitrogens is 2. The number of aliphatic hydroxyl groups excluding tert-OH is 1. The number of aliphatic hydroxyl groups is 1. The Kier molecular flexibility index (Phi) is 4.48. The number of aliphatic carboxylic acids is 1. The fraction of sp³-hybridized carbons (Fsp3) is 0.211. The molecule has 0 fully saturated rings. The van der Waals surface area contributed by atoms with Crippen molar-refractivity contribution in [3.63, 3.8) is 0 Å². The van der Waals surface area contributed by atoms with Gasteiger partial charge in [0.1, 0.15) is 6.10 Å². The summed E-state index contributed by atoms with van der Waals surface area (Å²) in [6, 6.07) is 15.2. The maximum atomic E-state index is 12.9. The second-order valence-electron chi connectivity index (χ2n) is 6.21. The van der Waals surface area contributed by atoms with E-state index >= 15 is 0 Å². The van der Waals surface area contributed by atoms with Crippen LogP contribution in [0.5, 0.6) is 0 Å². The highest BCUT2D eigenvalue weighted by molar-refractivity contribution is 5.82. The van der Waals surface area contributed by atoms with E-state index in [-0.39, 0.29) is 5.82 Å². The molecule has 2 aromatic carbocycles. The Morgan fingerprint density at radius 2 is 1.77 bits per heavy atom. The van der Waals surface area contributed by atoms with Crippen LogP contribution in [0.15, 0.2) is 59.4 Å². The molecule has 1 aromatic heterocycles. The SMILES string of the molecule is C[C@H](O)c1nc2ccccc2c(=O)n1N[C@@](C)(C(=O)O)c1ccccc1. The van der Waals surface area contributed by atoms with E-state index in [9.17, 15) is 19.8 Å². The lowest BCUT2D eigenvalue weighted by Crippen LogP contribution is -2.49. The smallest absolute Gasteiger partial charge is 0.335 e. The van der Waals surface area contributed by atoms with Gasteiger partial charge in [-0.1, -0.05) is 42.5 Å². The van der Waals surface area contributed by atoms with Crippen molar-refractivity contribution in [1.82, 2.24) is 9.66 Å². The summed E-state index contributed by atoms with van der Waals surface area (Å²) in [5.74, 6) is -1.13. The van der Waals surface area contributed by atoms with Crippen molar-refractivity contribution in [2.45, 2.75) is 25.5 Å². The number of para-hydroxylation sites is 1. The highest BCUT2D eigenvalue weighted by atomic mass is 16.4. The van der Waals surface area contributed by atoms with Gasteiger partial charge in [0.15, 0.2) is 11.4 Å². The summed E-state index contributed by atoms with van der Waals surface area (Å²) in [7, 11) is 0. The maximum absolute atomic E-state index is 12.9. The quantitative estimate of drug-likeness (QED) is 0.648. The van der Waals surface area contributed by atoms with E-state index in [4.69, 9.17) is 0 Å². The molecule has 0 aliphatic heterocycles. The van der Waals surface area contributed by atoms with Gasteiger partial charge in [-0.25, -0.2) is 14.5 Å². The van der Waals surface area contributed by atoms with Crippen LogP contribution in [0.4, 0.5) is 0 Å². The second kappa shape index (κ2) is 6.61. The number of benzene rings is 2. The van der Waals surface area contributed by atoms with Gasteiger partial charge in [0.25, 0.3) is 5.56 Å². The molecule has 3 N–H and O–H groups in total. The fourth-order valence-corrected chi connectivity index (χ4v) is 2.77. The van der Waals surface area contributed by atoms with Crippen molar-refractivity contribution in [2.75, 3.05) is 5.43 Å². The lowest BCUT2D eigenvalue weighted by atomic mass is 9.93. The van der Waals surface area contributed by atoms with E-state index in [1.54, 1.807) is 54.6 Å². The summed E-state index contributed by atoms with van der Waals surface area (Å²) in [6.45, 7) is 2.92. The van der Waals surface area contributed by atoms with Crippen LogP contribution in [0, 0.1) is 0 Å². The summed E-state index contributed by atoms with van der Waals surface area (Å²) in [6.07, 6.45) is -1.08. The molecule has 0 amide bonds. The predicted octanol–water partition coefficient (Wildman–Crippen LogP) is 1.99. The first-order chi connectivity index (χ1) is 12.3. The van der Waals surface area contributed by atoms with E-state index < -0.39 is 23.2 Å². The number of fused-ring (bicyclic) bond motifs is 1. The van der Waals surface area contributed by atoms with Gasteiger partial charge < -0.3 is 10.2 Å². The molecule has 7 heteroatoms. The molecule has 0 unspecified atom stereocenters. The minimum Gasteiger partial charge on any atom is -0.479 e. The lowest BCUT2D eigenvalue weighted by Gasteiger charge is -2.30. The summed E-state index contributed by atoms with van der Waals surface area (Å²) >= 11 is 0. The average Bonchev–Trinajstić information content (AvgIpc) is 2.64. The first-order valence-electron chi connectivity index (χ1n) is 8.11. The number of hydrogen-bond donors (Lipinski definition) is 3. The third-order valence-electron chi connectivity index (χ3n) is 4.29. The molecular weight excluding hydrogens is 334 g/mol. The number of carbonyl (C=O) groups is 1. The fourth-order valence-electron chi connectivity index (χ4n) is 2.77. The van der Waals surface area contributed by atoms with Crippen molar-refractivity contribution >= 4 is 16.9 Å². The van der Waals surface area contributed by atoms with Crippen LogP contribution in [0.25, 0.3) is 10.9 Å². The van der Waals surface area contributed by atoms with Crippen molar-refractivity contribution < 1.29 is 15.0 Å². The minimum absolute atomic E-state index is 0.0390. The molecule has 0 aliphatic carbocycles. The minimum atomic E-state index is -1.60. The van der Waals surface area contributed by atoms with E-state index in [0.29, 0.717) is 16.5 Å². The van der Waals surface area contributed by atoms with Gasteiger partial charge in [-0.2, -0.15) is 0 Å². The molecule has 0 bridgehead atoms. The van der Waals surface area contributed by atoms with Crippen molar-refractivity contribution in [3.05, 3.63) is 76.3 Å². The van der Waals surface area contributed by atoms with Crippen LogP contribution in [-0.2, 0) is 10.3 Å². The van der Waals surface area contributed by atoms with Crippen molar-refractivity contribution in [3.8, 4) is 0 Å². The first kappa shape index (κ1) is 17.6.